The molecule has 1 fully saturated rings. The van der Waals surface area contributed by atoms with Gasteiger partial charge in [-0.2, -0.15) is 5.10 Å². The number of benzene rings is 2. The molecular formula is C27H33ClFN5O3. The Hall–Kier alpha value is -3.01. The summed E-state index contributed by atoms with van der Waals surface area (Å²) in [6.07, 6.45) is 0.308. The van der Waals surface area contributed by atoms with Gasteiger partial charge in [0, 0.05) is 54.8 Å². The van der Waals surface area contributed by atoms with E-state index in [1.54, 1.807) is 24.3 Å². The van der Waals surface area contributed by atoms with Crippen molar-refractivity contribution in [1.82, 2.24) is 20.1 Å². The van der Waals surface area contributed by atoms with Crippen LogP contribution in [0, 0.1) is 5.82 Å². The fourth-order valence-electron chi connectivity index (χ4n) is 4.50. The Bertz CT molecular complexity index is 1140. The third kappa shape index (κ3) is 6.85. The third-order valence-electron chi connectivity index (χ3n) is 6.43. The molecule has 8 nitrogen and oxygen atoms in total. The Morgan fingerprint density at radius 2 is 1.86 bits per heavy atom. The average Bonchev–Trinajstić information content (AvgIpc) is 3.32. The zero-order chi connectivity index (χ0) is 26.4. The van der Waals surface area contributed by atoms with Gasteiger partial charge in [-0.05, 0) is 26.0 Å². The second kappa shape index (κ2) is 12.5. The second-order valence-electron chi connectivity index (χ2n) is 9.49. The Morgan fingerprint density at radius 3 is 2.57 bits per heavy atom. The summed E-state index contributed by atoms with van der Waals surface area (Å²) in [5.74, 6) is -0.807. The molecule has 0 spiro atoms. The standard InChI is InChI=1S/C27H33ClFN5O3/c1-19(2)30-27(36)33(12-11-32-13-15-37-16-14-32)18-26(35)34-25(21-8-4-6-10-23(21)29)17-24(31-34)20-7-3-5-9-22(20)28/h3-10,19,25H,11-18H2,1-2H3,(H,30,36)/t25-/m1/s1. The molecule has 4 rings (SSSR count). The first-order valence-electron chi connectivity index (χ1n) is 12.6. The molecule has 3 amide bonds. The Kier molecular flexibility index (Phi) is 9.13. The minimum Gasteiger partial charge on any atom is -0.379 e. The van der Waals surface area contributed by atoms with Crippen molar-refractivity contribution >= 4 is 29.3 Å². The van der Waals surface area contributed by atoms with E-state index in [1.807, 2.05) is 32.0 Å². The summed E-state index contributed by atoms with van der Waals surface area (Å²) >= 11 is 6.41. The Morgan fingerprint density at radius 1 is 1.16 bits per heavy atom. The highest BCUT2D eigenvalue weighted by atomic mass is 35.5. The van der Waals surface area contributed by atoms with Crippen LogP contribution in [0.15, 0.2) is 53.6 Å². The SMILES string of the molecule is CC(C)NC(=O)N(CCN1CCOCC1)CC(=O)N1N=C(c2ccccc2Cl)C[C@@H]1c1ccccc1F. The van der Waals surface area contributed by atoms with Gasteiger partial charge in [0.1, 0.15) is 12.4 Å². The van der Waals surface area contributed by atoms with Gasteiger partial charge in [-0.3, -0.25) is 9.69 Å². The maximum Gasteiger partial charge on any atom is 0.318 e. The second-order valence-corrected chi connectivity index (χ2v) is 9.89. The van der Waals surface area contributed by atoms with Crippen LogP contribution in [0.4, 0.5) is 9.18 Å². The molecule has 2 heterocycles. The van der Waals surface area contributed by atoms with E-state index in [4.69, 9.17) is 16.3 Å². The average molecular weight is 530 g/mol. The lowest BCUT2D eigenvalue weighted by Crippen LogP contribution is -2.50. The lowest BCUT2D eigenvalue weighted by molar-refractivity contribution is -0.133. The van der Waals surface area contributed by atoms with Crippen LogP contribution in [-0.2, 0) is 9.53 Å². The van der Waals surface area contributed by atoms with Gasteiger partial charge in [0.15, 0.2) is 0 Å². The molecule has 2 aromatic rings. The summed E-state index contributed by atoms with van der Waals surface area (Å²) in [5, 5.41) is 9.30. The van der Waals surface area contributed by atoms with Crippen LogP contribution < -0.4 is 5.32 Å². The van der Waals surface area contributed by atoms with E-state index >= 15 is 0 Å². The summed E-state index contributed by atoms with van der Waals surface area (Å²) < 4.78 is 20.2. The maximum atomic E-state index is 14.8. The van der Waals surface area contributed by atoms with Crippen LogP contribution in [-0.4, -0.2) is 84.4 Å². The number of carbonyl (C=O) groups excluding carboxylic acids is 2. The lowest BCUT2D eigenvalue weighted by Gasteiger charge is -2.31. The van der Waals surface area contributed by atoms with E-state index in [-0.39, 0.29) is 18.6 Å². The first-order valence-corrected chi connectivity index (χ1v) is 13.0. The molecule has 0 aliphatic carbocycles. The van der Waals surface area contributed by atoms with Crippen molar-refractivity contribution in [3.05, 3.63) is 70.5 Å². The van der Waals surface area contributed by atoms with Gasteiger partial charge in [-0.15, -0.1) is 0 Å². The van der Waals surface area contributed by atoms with E-state index in [9.17, 15) is 14.0 Å². The number of rotatable bonds is 8. The quantitative estimate of drug-likeness (QED) is 0.562. The topological polar surface area (TPSA) is 77.5 Å². The van der Waals surface area contributed by atoms with Crippen molar-refractivity contribution in [1.29, 1.82) is 0 Å². The lowest BCUT2D eigenvalue weighted by atomic mass is 9.98. The van der Waals surface area contributed by atoms with Crippen molar-refractivity contribution in [2.45, 2.75) is 32.4 Å². The van der Waals surface area contributed by atoms with Gasteiger partial charge >= 0.3 is 6.03 Å². The van der Waals surface area contributed by atoms with E-state index in [1.165, 1.54) is 16.0 Å². The van der Waals surface area contributed by atoms with Gasteiger partial charge in [-0.25, -0.2) is 14.2 Å². The minimum absolute atomic E-state index is 0.0868. The zero-order valence-electron chi connectivity index (χ0n) is 21.2. The predicted molar refractivity (Wildman–Crippen MR) is 141 cm³/mol. The van der Waals surface area contributed by atoms with Gasteiger partial charge in [-0.1, -0.05) is 48.0 Å². The summed E-state index contributed by atoms with van der Waals surface area (Å²) in [6.45, 7) is 7.39. The van der Waals surface area contributed by atoms with E-state index < -0.39 is 17.8 Å². The molecule has 0 bridgehead atoms. The van der Waals surface area contributed by atoms with Crippen molar-refractivity contribution in [3.8, 4) is 0 Å². The monoisotopic (exact) mass is 529 g/mol. The molecular weight excluding hydrogens is 497 g/mol. The van der Waals surface area contributed by atoms with Gasteiger partial charge in [0.25, 0.3) is 5.91 Å². The maximum absolute atomic E-state index is 14.8. The van der Waals surface area contributed by atoms with Crippen molar-refractivity contribution < 1.29 is 18.7 Å². The van der Waals surface area contributed by atoms with Crippen LogP contribution in [0.3, 0.4) is 0 Å². The van der Waals surface area contributed by atoms with Crippen LogP contribution in [0.2, 0.25) is 5.02 Å². The molecule has 2 aromatic carbocycles. The molecule has 1 atom stereocenters. The van der Waals surface area contributed by atoms with Crippen molar-refractivity contribution in [2.75, 3.05) is 45.9 Å². The smallest absolute Gasteiger partial charge is 0.318 e. The number of urea groups is 1. The van der Waals surface area contributed by atoms with Crippen LogP contribution >= 0.6 is 11.6 Å². The summed E-state index contributed by atoms with van der Waals surface area (Å²) in [4.78, 5) is 30.4. The molecule has 37 heavy (non-hydrogen) atoms. The predicted octanol–water partition coefficient (Wildman–Crippen LogP) is 3.91. The highest BCUT2D eigenvalue weighted by Crippen LogP contribution is 2.35. The fourth-order valence-corrected chi connectivity index (χ4v) is 4.74. The van der Waals surface area contributed by atoms with Gasteiger partial charge in [0.2, 0.25) is 0 Å². The molecule has 10 heteroatoms. The van der Waals surface area contributed by atoms with Crippen molar-refractivity contribution in [3.63, 3.8) is 0 Å². The summed E-state index contributed by atoms with van der Waals surface area (Å²) in [5.41, 5.74) is 1.66. The largest absolute Gasteiger partial charge is 0.379 e. The third-order valence-corrected chi connectivity index (χ3v) is 6.76. The molecule has 0 saturated carbocycles. The molecule has 1 saturated heterocycles. The van der Waals surface area contributed by atoms with Crippen molar-refractivity contribution in [2.24, 2.45) is 5.10 Å². The van der Waals surface area contributed by atoms with Gasteiger partial charge < -0.3 is 15.0 Å². The number of carbonyl (C=O) groups is 2. The first-order chi connectivity index (χ1) is 17.8. The number of nitrogens with zero attached hydrogens (tertiary/aromatic N) is 4. The number of ether oxygens (including phenoxy) is 1. The summed E-state index contributed by atoms with van der Waals surface area (Å²) in [6, 6.07) is 12.6. The number of hydrogen-bond donors (Lipinski definition) is 1. The Labute approximate surface area is 222 Å². The van der Waals surface area contributed by atoms with E-state index in [0.717, 1.165) is 13.1 Å². The van der Waals surface area contributed by atoms with E-state index in [2.05, 4.69) is 15.3 Å². The molecule has 1 N–H and O–H groups in total. The van der Waals surface area contributed by atoms with Crippen LogP contribution in [0.25, 0.3) is 0 Å². The number of halogens is 2. The van der Waals surface area contributed by atoms with Crippen LogP contribution in [0.1, 0.15) is 37.4 Å². The minimum atomic E-state index is -0.644. The normalized spacial score (nSPS) is 18.1. The number of morpholine rings is 1. The number of hydrazone groups is 1. The Balaban J connectivity index is 1.58. The highest BCUT2D eigenvalue weighted by Gasteiger charge is 2.36. The molecule has 0 unspecified atom stereocenters. The van der Waals surface area contributed by atoms with E-state index in [0.29, 0.717) is 54.6 Å². The van der Waals surface area contributed by atoms with Gasteiger partial charge in [0.05, 0.1) is 25.0 Å². The number of nitrogens with one attached hydrogen (secondary N) is 1. The molecule has 0 radical (unpaired) electrons. The first kappa shape index (κ1) is 27.0. The molecule has 2 aliphatic rings. The number of hydrogen-bond acceptors (Lipinski definition) is 5. The molecule has 0 aromatic heterocycles. The fraction of sp³-hybridized carbons (Fsp3) is 0.444. The number of amides is 3. The molecule has 198 valence electrons. The zero-order valence-corrected chi connectivity index (χ0v) is 22.0. The highest BCUT2D eigenvalue weighted by molar-refractivity contribution is 6.34. The molecule has 2 aliphatic heterocycles. The summed E-state index contributed by atoms with van der Waals surface area (Å²) in [7, 11) is 0. The van der Waals surface area contributed by atoms with Crippen LogP contribution in [0.5, 0.6) is 0 Å².